The molecule has 0 spiro atoms. The molecule has 0 aliphatic carbocycles. The van der Waals surface area contributed by atoms with Crippen molar-refractivity contribution < 1.29 is 23.9 Å². The van der Waals surface area contributed by atoms with Crippen LogP contribution >= 0.6 is 0 Å². The first-order valence-corrected chi connectivity index (χ1v) is 5.98. The second kappa shape index (κ2) is 5.12. The van der Waals surface area contributed by atoms with E-state index in [9.17, 15) is 14.9 Å². The van der Waals surface area contributed by atoms with E-state index in [2.05, 4.69) is 0 Å². The monoisotopic (exact) mass is 287 g/mol. The second-order valence-electron chi connectivity index (χ2n) is 4.21. The van der Waals surface area contributed by atoms with Crippen molar-refractivity contribution in [3.8, 4) is 23.0 Å². The van der Waals surface area contributed by atoms with Gasteiger partial charge in [0.25, 0.3) is 5.69 Å². The number of nitrogens with zero attached hydrogens (tertiary/aromatic N) is 1. The van der Waals surface area contributed by atoms with Crippen molar-refractivity contribution in [1.82, 2.24) is 0 Å². The van der Waals surface area contributed by atoms with Crippen LogP contribution < -0.4 is 14.2 Å². The zero-order chi connectivity index (χ0) is 14.8. The van der Waals surface area contributed by atoms with Crippen LogP contribution in [0.2, 0.25) is 0 Å². The Balaban J connectivity index is 1.88. The standard InChI is InChI=1S/C14H9NO6/c16-7-9-5-10(1-3-12(9)15(17)18)21-11-2-4-13-14(6-11)20-8-19-13/h1-7H,8H2. The maximum Gasteiger partial charge on any atom is 0.280 e. The lowest BCUT2D eigenvalue weighted by Crippen LogP contribution is -1.95. The summed E-state index contributed by atoms with van der Waals surface area (Å²) in [6.45, 7) is 0.158. The maximum atomic E-state index is 10.9. The van der Waals surface area contributed by atoms with Gasteiger partial charge in [0.15, 0.2) is 17.8 Å². The van der Waals surface area contributed by atoms with E-state index in [0.717, 1.165) is 0 Å². The molecule has 1 aliphatic heterocycles. The Morgan fingerprint density at radius 2 is 1.81 bits per heavy atom. The van der Waals surface area contributed by atoms with Crippen LogP contribution in [-0.2, 0) is 0 Å². The number of benzene rings is 2. The number of ether oxygens (including phenoxy) is 3. The smallest absolute Gasteiger partial charge is 0.280 e. The molecule has 106 valence electrons. The minimum Gasteiger partial charge on any atom is -0.457 e. The van der Waals surface area contributed by atoms with E-state index < -0.39 is 4.92 Å². The molecule has 1 aliphatic rings. The van der Waals surface area contributed by atoms with Crippen molar-refractivity contribution in [1.29, 1.82) is 0 Å². The number of nitro benzene ring substituents is 1. The minimum absolute atomic E-state index is 0.0433. The van der Waals surface area contributed by atoms with Crippen LogP contribution in [0.25, 0.3) is 0 Å². The van der Waals surface area contributed by atoms with Gasteiger partial charge in [-0.05, 0) is 24.3 Å². The number of carbonyl (C=O) groups excluding carboxylic acids is 1. The Bertz CT molecular complexity index is 727. The van der Waals surface area contributed by atoms with Gasteiger partial charge in [-0.2, -0.15) is 0 Å². The first-order valence-electron chi connectivity index (χ1n) is 5.98. The molecule has 0 unspecified atom stereocenters. The fourth-order valence-electron chi connectivity index (χ4n) is 1.93. The van der Waals surface area contributed by atoms with Crippen molar-refractivity contribution in [3.05, 3.63) is 52.1 Å². The number of nitro groups is 1. The zero-order valence-corrected chi connectivity index (χ0v) is 10.6. The number of hydrogen-bond donors (Lipinski definition) is 0. The molecule has 7 nitrogen and oxygen atoms in total. The summed E-state index contributed by atoms with van der Waals surface area (Å²) in [5, 5.41) is 10.8. The van der Waals surface area contributed by atoms with E-state index in [4.69, 9.17) is 14.2 Å². The number of carbonyl (C=O) groups is 1. The Morgan fingerprint density at radius 1 is 1.10 bits per heavy atom. The average Bonchev–Trinajstić information content (AvgIpc) is 2.94. The molecule has 0 saturated carbocycles. The molecule has 0 N–H and O–H groups in total. The molecule has 0 aromatic heterocycles. The number of aldehydes is 1. The Kier molecular flexibility index (Phi) is 3.15. The number of rotatable bonds is 4. The minimum atomic E-state index is -0.617. The van der Waals surface area contributed by atoms with Gasteiger partial charge in [-0.3, -0.25) is 14.9 Å². The van der Waals surface area contributed by atoms with Crippen molar-refractivity contribution in [2.75, 3.05) is 6.79 Å². The normalized spacial score (nSPS) is 12.0. The predicted octanol–water partition coefficient (Wildman–Crippen LogP) is 2.93. The SMILES string of the molecule is O=Cc1cc(Oc2ccc3c(c2)OCO3)ccc1[N+](=O)[O-]. The average molecular weight is 287 g/mol. The third kappa shape index (κ3) is 2.48. The fraction of sp³-hybridized carbons (Fsp3) is 0.0714. The summed E-state index contributed by atoms with van der Waals surface area (Å²) in [4.78, 5) is 21.0. The van der Waals surface area contributed by atoms with E-state index in [-0.39, 0.29) is 18.0 Å². The largest absolute Gasteiger partial charge is 0.457 e. The Morgan fingerprint density at radius 3 is 2.57 bits per heavy atom. The summed E-state index contributed by atoms with van der Waals surface area (Å²) < 4.78 is 16.0. The van der Waals surface area contributed by atoms with Crippen molar-refractivity contribution in [2.45, 2.75) is 0 Å². The molecule has 0 atom stereocenters. The molecule has 0 fully saturated rings. The van der Waals surface area contributed by atoms with Gasteiger partial charge in [0.05, 0.1) is 10.5 Å². The fourth-order valence-corrected chi connectivity index (χ4v) is 1.93. The highest BCUT2D eigenvalue weighted by Crippen LogP contribution is 2.37. The summed E-state index contributed by atoms with van der Waals surface area (Å²) in [6, 6.07) is 8.99. The lowest BCUT2D eigenvalue weighted by Gasteiger charge is -2.07. The molecule has 2 aromatic rings. The lowest BCUT2D eigenvalue weighted by atomic mass is 10.2. The highest BCUT2D eigenvalue weighted by Gasteiger charge is 2.16. The maximum absolute atomic E-state index is 10.9. The quantitative estimate of drug-likeness (QED) is 0.488. The Labute approximate surface area is 118 Å². The zero-order valence-electron chi connectivity index (χ0n) is 10.6. The van der Waals surface area contributed by atoms with Gasteiger partial charge in [0.1, 0.15) is 11.5 Å². The van der Waals surface area contributed by atoms with Crippen LogP contribution in [0.5, 0.6) is 23.0 Å². The van der Waals surface area contributed by atoms with Crippen LogP contribution in [0.1, 0.15) is 10.4 Å². The second-order valence-corrected chi connectivity index (χ2v) is 4.21. The molecule has 0 amide bonds. The first kappa shape index (κ1) is 12.9. The van der Waals surface area contributed by atoms with Gasteiger partial charge in [-0.15, -0.1) is 0 Å². The van der Waals surface area contributed by atoms with E-state index in [1.807, 2.05) is 0 Å². The third-order valence-corrected chi connectivity index (χ3v) is 2.90. The van der Waals surface area contributed by atoms with Crippen molar-refractivity contribution in [3.63, 3.8) is 0 Å². The van der Waals surface area contributed by atoms with Crippen LogP contribution in [-0.4, -0.2) is 18.0 Å². The van der Waals surface area contributed by atoms with Gasteiger partial charge in [-0.25, -0.2) is 0 Å². The number of hydrogen-bond acceptors (Lipinski definition) is 6. The lowest BCUT2D eigenvalue weighted by molar-refractivity contribution is -0.385. The van der Waals surface area contributed by atoms with Gasteiger partial charge < -0.3 is 14.2 Å². The molecular weight excluding hydrogens is 278 g/mol. The van der Waals surface area contributed by atoms with Crippen LogP contribution in [0.4, 0.5) is 5.69 Å². The van der Waals surface area contributed by atoms with E-state index >= 15 is 0 Å². The molecule has 21 heavy (non-hydrogen) atoms. The molecule has 2 aromatic carbocycles. The van der Waals surface area contributed by atoms with Crippen LogP contribution in [0.15, 0.2) is 36.4 Å². The predicted molar refractivity (Wildman–Crippen MR) is 71.1 cm³/mol. The first-order chi connectivity index (χ1) is 10.2. The van der Waals surface area contributed by atoms with Crippen molar-refractivity contribution >= 4 is 12.0 Å². The summed E-state index contributed by atoms with van der Waals surface area (Å²) in [5.41, 5.74) is -0.304. The molecule has 0 radical (unpaired) electrons. The third-order valence-electron chi connectivity index (χ3n) is 2.90. The highest BCUT2D eigenvalue weighted by atomic mass is 16.7. The molecular formula is C14H9NO6. The summed E-state index contributed by atoms with van der Waals surface area (Å²) in [6.07, 6.45) is 0.421. The molecule has 3 rings (SSSR count). The Hall–Kier alpha value is -3.09. The van der Waals surface area contributed by atoms with Crippen LogP contribution in [0, 0.1) is 10.1 Å². The van der Waals surface area contributed by atoms with E-state index in [1.165, 1.54) is 18.2 Å². The molecule has 7 heteroatoms. The van der Waals surface area contributed by atoms with Gasteiger partial charge in [-0.1, -0.05) is 0 Å². The molecule has 0 saturated heterocycles. The molecule has 0 bridgehead atoms. The summed E-state index contributed by atoms with van der Waals surface area (Å²) in [7, 11) is 0. The van der Waals surface area contributed by atoms with E-state index in [0.29, 0.717) is 29.3 Å². The number of fused-ring (bicyclic) bond motifs is 1. The van der Waals surface area contributed by atoms with Gasteiger partial charge in [0.2, 0.25) is 6.79 Å². The van der Waals surface area contributed by atoms with Crippen molar-refractivity contribution in [2.24, 2.45) is 0 Å². The topological polar surface area (TPSA) is 87.9 Å². The summed E-state index contributed by atoms with van der Waals surface area (Å²) in [5.74, 6) is 1.98. The molecule has 1 heterocycles. The van der Waals surface area contributed by atoms with Gasteiger partial charge >= 0.3 is 0 Å². The summed E-state index contributed by atoms with van der Waals surface area (Å²) >= 11 is 0. The van der Waals surface area contributed by atoms with E-state index in [1.54, 1.807) is 18.2 Å². The highest BCUT2D eigenvalue weighted by molar-refractivity contribution is 5.82. The van der Waals surface area contributed by atoms with Gasteiger partial charge in [0, 0.05) is 12.1 Å². The van der Waals surface area contributed by atoms with Crippen LogP contribution in [0.3, 0.4) is 0 Å².